The Morgan fingerprint density at radius 1 is 0.886 bits per heavy atom. The summed E-state index contributed by atoms with van der Waals surface area (Å²) in [5, 5.41) is 10.2. The predicted molar refractivity (Wildman–Crippen MR) is 135 cm³/mol. The summed E-state index contributed by atoms with van der Waals surface area (Å²) in [6.07, 6.45) is 1.73. The normalized spacial score (nSPS) is 11.6. The fourth-order valence-electron chi connectivity index (χ4n) is 4.12. The summed E-state index contributed by atoms with van der Waals surface area (Å²) in [7, 11) is 1.68. The van der Waals surface area contributed by atoms with Crippen LogP contribution in [0.2, 0.25) is 0 Å². The van der Waals surface area contributed by atoms with Crippen molar-refractivity contribution in [3.8, 4) is 5.82 Å². The van der Waals surface area contributed by atoms with Gasteiger partial charge in [0.25, 0.3) is 11.1 Å². The highest BCUT2D eigenvalue weighted by molar-refractivity contribution is 7.98. The maximum atomic E-state index is 13.5. The molecule has 0 atom stereocenters. The third kappa shape index (κ3) is 3.41. The third-order valence-corrected chi connectivity index (χ3v) is 6.83. The SMILES string of the molecule is Cc1ccc(-n2c(SCc3nnc4n(C)c(=O)c5ccccc5n34)nc3ccccc3c2=O)nc1. The first-order valence-electron chi connectivity index (χ1n) is 10.9. The van der Waals surface area contributed by atoms with Gasteiger partial charge in [0.15, 0.2) is 5.16 Å². The molecule has 0 aliphatic carbocycles. The molecule has 6 aromatic rings. The van der Waals surface area contributed by atoms with E-state index in [0.29, 0.717) is 44.6 Å². The summed E-state index contributed by atoms with van der Waals surface area (Å²) in [6, 6.07) is 18.4. The lowest BCUT2D eigenvalue weighted by Gasteiger charge is -2.12. The first-order chi connectivity index (χ1) is 17.0. The maximum absolute atomic E-state index is 13.5. The minimum Gasteiger partial charge on any atom is -0.279 e. The van der Waals surface area contributed by atoms with Gasteiger partial charge in [-0.05, 0) is 42.8 Å². The highest BCUT2D eigenvalue weighted by Gasteiger charge is 2.18. The van der Waals surface area contributed by atoms with Crippen molar-refractivity contribution in [1.29, 1.82) is 0 Å². The molecule has 0 fully saturated rings. The predicted octanol–water partition coefficient (Wildman–Crippen LogP) is 3.28. The molecule has 0 aliphatic rings. The zero-order valence-corrected chi connectivity index (χ0v) is 19.7. The second-order valence-electron chi connectivity index (χ2n) is 8.17. The van der Waals surface area contributed by atoms with Gasteiger partial charge in [-0.3, -0.25) is 18.6 Å². The van der Waals surface area contributed by atoms with Crippen LogP contribution in [-0.4, -0.2) is 33.7 Å². The Kier molecular flexibility index (Phi) is 4.96. The standard InChI is InChI=1S/C25H19N7O2S/c1-15-11-12-20(26-13-15)32-23(34)16-7-3-5-9-18(16)27-25(32)35-14-21-28-29-24-30(2)22(33)17-8-4-6-10-19(17)31(21)24/h3-13H,14H2,1-2H3. The molecule has 172 valence electrons. The zero-order valence-electron chi connectivity index (χ0n) is 18.9. The van der Waals surface area contributed by atoms with E-state index in [0.717, 1.165) is 11.1 Å². The van der Waals surface area contributed by atoms with Crippen LogP contribution in [0.3, 0.4) is 0 Å². The number of para-hydroxylation sites is 2. The van der Waals surface area contributed by atoms with E-state index < -0.39 is 0 Å². The van der Waals surface area contributed by atoms with Gasteiger partial charge < -0.3 is 0 Å². The number of pyridine rings is 1. The molecule has 0 spiro atoms. The molecule has 10 heteroatoms. The Labute approximate surface area is 202 Å². The second-order valence-corrected chi connectivity index (χ2v) is 9.11. The Hall–Kier alpha value is -4.31. The van der Waals surface area contributed by atoms with Crippen molar-refractivity contribution in [3.63, 3.8) is 0 Å². The average Bonchev–Trinajstić information content (AvgIpc) is 3.31. The molecule has 0 radical (unpaired) electrons. The molecule has 0 amide bonds. The summed E-state index contributed by atoms with van der Waals surface area (Å²) in [5.74, 6) is 1.97. The molecular weight excluding hydrogens is 462 g/mol. The van der Waals surface area contributed by atoms with Gasteiger partial charge in [-0.1, -0.05) is 42.1 Å². The van der Waals surface area contributed by atoms with Gasteiger partial charge in [0.05, 0.1) is 27.6 Å². The number of benzene rings is 2. The van der Waals surface area contributed by atoms with Crippen molar-refractivity contribution in [2.75, 3.05) is 0 Å². The third-order valence-electron chi connectivity index (χ3n) is 5.89. The van der Waals surface area contributed by atoms with Crippen molar-refractivity contribution in [2.24, 2.45) is 7.05 Å². The lowest BCUT2D eigenvalue weighted by molar-refractivity contribution is 0.793. The molecule has 9 nitrogen and oxygen atoms in total. The van der Waals surface area contributed by atoms with Crippen LogP contribution < -0.4 is 11.1 Å². The van der Waals surface area contributed by atoms with E-state index in [1.807, 2.05) is 59.9 Å². The molecular formula is C25H19N7O2S. The molecule has 0 N–H and O–H groups in total. The Morgan fingerprint density at radius 3 is 2.46 bits per heavy atom. The van der Waals surface area contributed by atoms with Crippen molar-refractivity contribution >= 4 is 39.3 Å². The van der Waals surface area contributed by atoms with Crippen LogP contribution in [0.15, 0.2) is 81.6 Å². The topological polar surface area (TPSA) is 100.0 Å². The van der Waals surface area contributed by atoms with Crippen molar-refractivity contribution in [2.45, 2.75) is 17.8 Å². The van der Waals surface area contributed by atoms with Gasteiger partial charge in [-0.15, -0.1) is 10.2 Å². The number of nitrogens with zero attached hydrogens (tertiary/aromatic N) is 7. The summed E-state index contributed by atoms with van der Waals surface area (Å²) < 4.78 is 4.89. The first kappa shape index (κ1) is 21.2. The fraction of sp³-hybridized carbons (Fsp3) is 0.120. The largest absolute Gasteiger partial charge is 0.279 e. The van der Waals surface area contributed by atoms with E-state index in [-0.39, 0.29) is 11.1 Å². The van der Waals surface area contributed by atoms with Crippen LogP contribution >= 0.6 is 11.8 Å². The lowest BCUT2D eigenvalue weighted by atomic mass is 10.2. The van der Waals surface area contributed by atoms with Gasteiger partial charge >= 0.3 is 0 Å². The fourth-order valence-corrected chi connectivity index (χ4v) is 5.03. The minimum absolute atomic E-state index is 0.129. The van der Waals surface area contributed by atoms with E-state index in [4.69, 9.17) is 4.98 Å². The van der Waals surface area contributed by atoms with Crippen molar-refractivity contribution < 1.29 is 0 Å². The molecule has 0 saturated carbocycles. The molecule has 6 rings (SSSR count). The second kappa shape index (κ2) is 8.17. The number of thioether (sulfide) groups is 1. The highest BCUT2D eigenvalue weighted by atomic mass is 32.2. The molecule has 0 aliphatic heterocycles. The van der Waals surface area contributed by atoms with Crippen LogP contribution in [0.5, 0.6) is 0 Å². The van der Waals surface area contributed by atoms with Gasteiger partial charge in [-0.2, -0.15) is 0 Å². The van der Waals surface area contributed by atoms with Gasteiger partial charge in [0, 0.05) is 13.2 Å². The number of fused-ring (bicyclic) bond motifs is 4. The monoisotopic (exact) mass is 481 g/mol. The summed E-state index contributed by atoms with van der Waals surface area (Å²) in [5.41, 5.74) is 2.03. The average molecular weight is 482 g/mol. The smallest absolute Gasteiger partial charge is 0.267 e. The summed E-state index contributed by atoms with van der Waals surface area (Å²) in [4.78, 5) is 35.5. The van der Waals surface area contributed by atoms with Gasteiger partial charge in [-0.25, -0.2) is 14.5 Å². The Bertz CT molecular complexity index is 1870. The quantitative estimate of drug-likeness (QED) is 0.281. The molecule has 2 aromatic carbocycles. The Balaban J connectivity index is 1.51. The number of hydrogen-bond donors (Lipinski definition) is 0. The van der Waals surface area contributed by atoms with E-state index in [9.17, 15) is 9.59 Å². The van der Waals surface area contributed by atoms with Crippen LogP contribution in [0, 0.1) is 6.92 Å². The number of aryl methyl sites for hydroxylation is 2. The molecule has 0 saturated heterocycles. The van der Waals surface area contributed by atoms with Crippen LogP contribution in [0.4, 0.5) is 0 Å². The van der Waals surface area contributed by atoms with Crippen molar-refractivity contribution in [1.82, 2.24) is 33.7 Å². The van der Waals surface area contributed by atoms with Gasteiger partial charge in [0.2, 0.25) is 5.78 Å². The first-order valence-corrected chi connectivity index (χ1v) is 11.9. The van der Waals surface area contributed by atoms with Crippen LogP contribution in [0.25, 0.3) is 33.4 Å². The lowest BCUT2D eigenvalue weighted by Crippen LogP contribution is -2.22. The zero-order chi connectivity index (χ0) is 24.1. The summed E-state index contributed by atoms with van der Waals surface area (Å²) >= 11 is 1.37. The molecule has 0 bridgehead atoms. The summed E-state index contributed by atoms with van der Waals surface area (Å²) in [6.45, 7) is 1.95. The van der Waals surface area contributed by atoms with Crippen molar-refractivity contribution in [3.05, 3.63) is 99.0 Å². The molecule has 4 heterocycles. The van der Waals surface area contributed by atoms with E-state index in [1.165, 1.54) is 20.9 Å². The number of aromatic nitrogens is 7. The number of hydrogen-bond acceptors (Lipinski definition) is 7. The number of rotatable bonds is 4. The molecule has 35 heavy (non-hydrogen) atoms. The van der Waals surface area contributed by atoms with Gasteiger partial charge in [0.1, 0.15) is 11.6 Å². The van der Waals surface area contributed by atoms with Crippen LogP contribution in [-0.2, 0) is 12.8 Å². The van der Waals surface area contributed by atoms with E-state index >= 15 is 0 Å². The molecule has 0 unspecified atom stereocenters. The van der Waals surface area contributed by atoms with E-state index in [1.54, 1.807) is 25.4 Å². The van der Waals surface area contributed by atoms with Crippen LogP contribution in [0.1, 0.15) is 11.4 Å². The van der Waals surface area contributed by atoms with E-state index in [2.05, 4.69) is 15.2 Å². The highest BCUT2D eigenvalue weighted by Crippen LogP contribution is 2.25. The Morgan fingerprint density at radius 2 is 1.66 bits per heavy atom. The molecule has 4 aromatic heterocycles. The maximum Gasteiger partial charge on any atom is 0.267 e. The minimum atomic E-state index is -0.187.